The van der Waals surface area contributed by atoms with Crippen LogP contribution in [-0.4, -0.2) is 25.7 Å². The Balaban J connectivity index is 1.96. The Morgan fingerprint density at radius 2 is 2.00 bits per heavy atom. The quantitative estimate of drug-likeness (QED) is 0.536. The summed E-state index contributed by atoms with van der Waals surface area (Å²) in [6.07, 6.45) is -1.49. The Morgan fingerprint density at radius 3 is 2.62 bits per heavy atom. The van der Waals surface area contributed by atoms with Gasteiger partial charge in [-0.15, -0.1) is 0 Å². The van der Waals surface area contributed by atoms with Crippen LogP contribution in [0.25, 0.3) is 0 Å². The molecule has 3 aromatic rings. The first-order chi connectivity index (χ1) is 15.0. The number of hydrogen-bond acceptors (Lipinski definition) is 5. The number of benzene rings is 1. The van der Waals surface area contributed by atoms with Crippen molar-refractivity contribution in [3.05, 3.63) is 68.6 Å². The van der Waals surface area contributed by atoms with Crippen LogP contribution in [0.2, 0.25) is 0 Å². The molecule has 12 heteroatoms. The molecule has 3 N–H and O–H groups in total. The van der Waals surface area contributed by atoms with E-state index in [0.717, 1.165) is 21.6 Å². The van der Waals surface area contributed by atoms with Gasteiger partial charge in [-0.25, -0.2) is 4.79 Å². The molecule has 170 valence electrons. The van der Waals surface area contributed by atoms with E-state index in [1.807, 2.05) is 13.8 Å². The number of hydrogen-bond donors (Lipinski definition) is 2. The van der Waals surface area contributed by atoms with E-state index in [1.54, 1.807) is 0 Å². The number of alkyl halides is 3. The maximum atomic E-state index is 12.9. The number of carbonyl (C=O) groups is 1. The number of aromatic nitrogens is 4. The fourth-order valence-electron chi connectivity index (χ4n) is 3.18. The highest BCUT2D eigenvalue weighted by Gasteiger charge is 2.30. The van der Waals surface area contributed by atoms with Gasteiger partial charge >= 0.3 is 11.9 Å². The van der Waals surface area contributed by atoms with Crippen LogP contribution < -0.4 is 21.9 Å². The highest BCUT2D eigenvalue weighted by Crippen LogP contribution is 2.30. The molecule has 0 aliphatic heterocycles. The van der Waals surface area contributed by atoms with Crippen molar-refractivity contribution in [2.75, 3.05) is 10.6 Å². The number of aromatic amines is 1. The first-order valence-electron chi connectivity index (χ1n) is 9.57. The predicted octanol–water partition coefficient (Wildman–Crippen LogP) is 2.33. The second-order valence-electron chi connectivity index (χ2n) is 7.57. The molecule has 0 saturated carbocycles. The van der Waals surface area contributed by atoms with Gasteiger partial charge in [0.05, 0.1) is 24.0 Å². The van der Waals surface area contributed by atoms with Crippen molar-refractivity contribution in [1.82, 2.24) is 19.3 Å². The summed E-state index contributed by atoms with van der Waals surface area (Å²) in [6, 6.07) is 4.77. The summed E-state index contributed by atoms with van der Waals surface area (Å²) in [4.78, 5) is 40.1. The second-order valence-corrected chi connectivity index (χ2v) is 7.57. The largest absolute Gasteiger partial charge is 0.416 e. The lowest BCUT2D eigenvalue weighted by molar-refractivity contribution is -0.137. The fraction of sp³-hybridized carbons (Fsp3) is 0.300. The molecule has 0 atom stereocenters. The van der Waals surface area contributed by atoms with Crippen molar-refractivity contribution in [1.29, 1.82) is 0 Å². The SMILES string of the molecule is CC(C)Cn1c(=O)[nH]c(N)c(N(C=O)c2cnn(Cc3cccc(C(F)(F)F)c3)c2)c1=O. The molecular formula is C20H21F3N6O3. The number of carbonyl (C=O) groups excluding carboxylic acids is 1. The summed E-state index contributed by atoms with van der Waals surface area (Å²) < 4.78 is 41.0. The van der Waals surface area contributed by atoms with Gasteiger partial charge in [-0.05, 0) is 23.6 Å². The zero-order chi connectivity index (χ0) is 23.6. The summed E-state index contributed by atoms with van der Waals surface area (Å²) in [7, 11) is 0. The van der Waals surface area contributed by atoms with E-state index in [1.165, 1.54) is 29.2 Å². The maximum Gasteiger partial charge on any atom is 0.416 e. The van der Waals surface area contributed by atoms with Gasteiger partial charge in [0.15, 0.2) is 5.69 Å². The molecule has 0 saturated heterocycles. The van der Waals surface area contributed by atoms with E-state index in [2.05, 4.69) is 10.1 Å². The van der Waals surface area contributed by atoms with E-state index in [9.17, 15) is 27.6 Å². The molecule has 32 heavy (non-hydrogen) atoms. The minimum atomic E-state index is -4.47. The van der Waals surface area contributed by atoms with Crippen LogP contribution >= 0.6 is 0 Å². The van der Waals surface area contributed by atoms with E-state index in [0.29, 0.717) is 12.0 Å². The van der Waals surface area contributed by atoms with Gasteiger partial charge in [0.25, 0.3) is 5.56 Å². The number of halogens is 3. The first-order valence-corrected chi connectivity index (χ1v) is 9.57. The predicted molar refractivity (Wildman–Crippen MR) is 112 cm³/mol. The van der Waals surface area contributed by atoms with Crippen LogP contribution in [-0.2, 0) is 24.1 Å². The van der Waals surface area contributed by atoms with Gasteiger partial charge in [0.1, 0.15) is 5.82 Å². The fourth-order valence-corrected chi connectivity index (χ4v) is 3.18. The lowest BCUT2D eigenvalue weighted by Crippen LogP contribution is -2.40. The molecule has 1 amide bonds. The lowest BCUT2D eigenvalue weighted by atomic mass is 10.1. The molecule has 0 bridgehead atoms. The number of rotatable bonds is 7. The van der Waals surface area contributed by atoms with Crippen LogP contribution in [0.1, 0.15) is 25.0 Å². The summed E-state index contributed by atoms with van der Waals surface area (Å²) in [5.74, 6) is -0.317. The summed E-state index contributed by atoms with van der Waals surface area (Å²) in [5, 5.41) is 4.06. The third-order valence-corrected chi connectivity index (χ3v) is 4.58. The van der Waals surface area contributed by atoms with Gasteiger partial charge in [0, 0.05) is 12.7 Å². The molecule has 9 nitrogen and oxygen atoms in total. The van der Waals surface area contributed by atoms with Crippen molar-refractivity contribution >= 4 is 23.6 Å². The minimum absolute atomic E-state index is 0.00466. The van der Waals surface area contributed by atoms with Crippen LogP contribution in [0.15, 0.2) is 46.2 Å². The van der Waals surface area contributed by atoms with Gasteiger partial charge < -0.3 is 5.73 Å². The standard InChI is InChI=1S/C20H21F3N6O3/c1-12(2)8-28-18(31)16(17(24)26-19(28)32)29(11-30)15-7-25-27(10-15)9-13-4-3-5-14(6-13)20(21,22)23/h3-7,10-12H,8-9,24H2,1-2H3,(H,26,32). The molecule has 2 heterocycles. The number of H-pyrrole nitrogens is 1. The maximum absolute atomic E-state index is 12.9. The molecular weight excluding hydrogens is 429 g/mol. The van der Waals surface area contributed by atoms with Gasteiger partial charge in [0.2, 0.25) is 6.41 Å². The molecule has 2 aromatic heterocycles. The zero-order valence-electron chi connectivity index (χ0n) is 17.3. The van der Waals surface area contributed by atoms with Crippen molar-refractivity contribution in [3.63, 3.8) is 0 Å². The summed E-state index contributed by atoms with van der Waals surface area (Å²) in [6.45, 7) is 3.74. The summed E-state index contributed by atoms with van der Waals surface area (Å²) in [5.41, 5.74) is 3.83. The highest BCUT2D eigenvalue weighted by molar-refractivity contribution is 5.89. The van der Waals surface area contributed by atoms with E-state index >= 15 is 0 Å². The number of anilines is 3. The second kappa shape index (κ2) is 8.73. The van der Waals surface area contributed by atoms with Gasteiger partial charge in [-0.3, -0.25) is 28.7 Å². The smallest absolute Gasteiger partial charge is 0.383 e. The molecule has 3 rings (SSSR count). The molecule has 0 aliphatic carbocycles. The number of nitrogens with zero attached hydrogens (tertiary/aromatic N) is 4. The average molecular weight is 450 g/mol. The average Bonchev–Trinajstić information content (AvgIpc) is 3.15. The third-order valence-electron chi connectivity index (χ3n) is 4.58. The Morgan fingerprint density at radius 1 is 1.28 bits per heavy atom. The van der Waals surface area contributed by atoms with Crippen LogP contribution in [0, 0.1) is 5.92 Å². The molecule has 0 unspecified atom stereocenters. The third kappa shape index (κ3) is 4.74. The van der Waals surface area contributed by atoms with Crippen LogP contribution in [0.4, 0.5) is 30.4 Å². The van der Waals surface area contributed by atoms with Crippen molar-refractivity contribution in [2.45, 2.75) is 33.1 Å². The van der Waals surface area contributed by atoms with Crippen LogP contribution in [0.5, 0.6) is 0 Å². The number of nitrogen functional groups attached to an aromatic ring is 1. The van der Waals surface area contributed by atoms with E-state index < -0.39 is 23.0 Å². The lowest BCUT2D eigenvalue weighted by Gasteiger charge is -2.18. The molecule has 0 aliphatic rings. The van der Waals surface area contributed by atoms with Crippen molar-refractivity contribution < 1.29 is 18.0 Å². The number of nitrogens with two attached hydrogens (primary N) is 1. The summed E-state index contributed by atoms with van der Waals surface area (Å²) >= 11 is 0. The highest BCUT2D eigenvalue weighted by atomic mass is 19.4. The Kier molecular flexibility index (Phi) is 6.23. The molecule has 0 fully saturated rings. The van der Waals surface area contributed by atoms with Gasteiger partial charge in [-0.2, -0.15) is 18.3 Å². The van der Waals surface area contributed by atoms with E-state index in [4.69, 9.17) is 5.73 Å². The van der Waals surface area contributed by atoms with Crippen molar-refractivity contribution in [2.24, 2.45) is 5.92 Å². The number of nitrogens with one attached hydrogen (secondary N) is 1. The monoisotopic (exact) mass is 450 g/mol. The minimum Gasteiger partial charge on any atom is -0.383 e. The molecule has 0 radical (unpaired) electrons. The Labute approximate surface area is 179 Å². The van der Waals surface area contributed by atoms with E-state index in [-0.39, 0.29) is 36.2 Å². The van der Waals surface area contributed by atoms with Gasteiger partial charge in [-0.1, -0.05) is 26.0 Å². The Hall–Kier alpha value is -3.83. The Bertz CT molecular complexity index is 1240. The molecule has 1 aromatic carbocycles. The first kappa shape index (κ1) is 22.8. The van der Waals surface area contributed by atoms with Crippen molar-refractivity contribution in [3.8, 4) is 0 Å². The normalized spacial score (nSPS) is 11.7. The molecule has 0 spiro atoms. The topological polar surface area (TPSA) is 119 Å². The van der Waals surface area contributed by atoms with Crippen LogP contribution in [0.3, 0.4) is 0 Å². The number of amides is 1. The zero-order valence-corrected chi connectivity index (χ0v) is 17.3.